The van der Waals surface area contributed by atoms with Crippen molar-refractivity contribution in [3.8, 4) is 11.5 Å². The number of phenols is 1. The Balaban J connectivity index is 1.87. The number of nitrogens with one attached hydrogen (secondary N) is 1. The highest BCUT2D eigenvalue weighted by Gasteiger charge is 2.09. The lowest BCUT2D eigenvalue weighted by Gasteiger charge is -2.07. The molecule has 0 bridgehead atoms. The second-order valence-corrected chi connectivity index (χ2v) is 5.45. The van der Waals surface area contributed by atoms with Crippen LogP contribution in [0.2, 0.25) is 5.02 Å². The number of aromatic hydroxyl groups is 1. The third-order valence-electron chi connectivity index (χ3n) is 3.17. The maximum Gasteiger partial charge on any atom is 0.331 e. The Morgan fingerprint density at radius 3 is 2.73 bits per heavy atom. The number of carbonyl (C=O) groups is 2. The molecule has 2 aromatic carbocycles. The number of amides is 1. The standard InChI is InChI=1S/C18H15ClFNO5/c1-25-16-8-11(2-6-15(16)22)3-7-18(24)26-10-17(23)21-14-5-4-12(20)9-13(14)19/h2-9,22H,10H2,1H3,(H,21,23)/b7-3+. The number of esters is 1. The van der Waals surface area contributed by atoms with E-state index < -0.39 is 24.3 Å². The van der Waals surface area contributed by atoms with Crippen LogP contribution in [-0.4, -0.2) is 30.7 Å². The van der Waals surface area contributed by atoms with Gasteiger partial charge in [-0.3, -0.25) is 4.79 Å². The summed E-state index contributed by atoms with van der Waals surface area (Å²) < 4.78 is 22.7. The molecule has 0 unspecified atom stereocenters. The molecule has 0 spiro atoms. The zero-order chi connectivity index (χ0) is 19.1. The lowest BCUT2D eigenvalue weighted by atomic mass is 10.2. The first-order chi connectivity index (χ1) is 12.4. The summed E-state index contributed by atoms with van der Waals surface area (Å²) in [6.45, 7) is -0.532. The van der Waals surface area contributed by atoms with Gasteiger partial charge in [-0.25, -0.2) is 9.18 Å². The highest BCUT2D eigenvalue weighted by atomic mass is 35.5. The van der Waals surface area contributed by atoms with Gasteiger partial charge in [-0.15, -0.1) is 0 Å². The van der Waals surface area contributed by atoms with Gasteiger partial charge in [0.1, 0.15) is 5.82 Å². The van der Waals surface area contributed by atoms with E-state index in [0.29, 0.717) is 5.56 Å². The van der Waals surface area contributed by atoms with Crippen molar-refractivity contribution < 1.29 is 28.6 Å². The van der Waals surface area contributed by atoms with Gasteiger partial charge in [0.05, 0.1) is 17.8 Å². The van der Waals surface area contributed by atoms with Crippen molar-refractivity contribution in [3.63, 3.8) is 0 Å². The molecular formula is C18H15ClFNO5. The lowest BCUT2D eigenvalue weighted by Crippen LogP contribution is -2.20. The fourth-order valence-corrected chi connectivity index (χ4v) is 2.14. The molecule has 0 heterocycles. The molecule has 0 radical (unpaired) electrons. The van der Waals surface area contributed by atoms with Gasteiger partial charge in [0.15, 0.2) is 18.1 Å². The van der Waals surface area contributed by atoms with E-state index >= 15 is 0 Å². The van der Waals surface area contributed by atoms with E-state index in [1.54, 1.807) is 6.07 Å². The second-order valence-electron chi connectivity index (χ2n) is 5.04. The molecule has 8 heteroatoms. The number of rotatable bonds is 6. The van der Waals surface area contributed by atoms with Crippen molar-refractivity contribution >= 4 is 35.2 Å². The summed E-state index contributed by atoms with van der Waals surface area (Å²) in [5.74, 6) is -1.65. The van der Waals surface area contributed by atoms with Gasteiger partial charge in [0, 0.05) is 6.08 Å². The number of ether oxygens (including phenoxy) is 2. The Morgan fingerprint density at radius 2 is 2.04 bits per heavy atom. The molecule has 0 atom stereocenters. The quantitative estimate of drug-likeness (QED) is 0.593. The van der Waals surface area contributed by atoms with E-state index in [4.69, 9.17) is 21.1 Å². The van der Waals surface area contributed by atoms with E-state index in [9.17, 15) is 19.1 Å². The minimum absolute atomic E-state index is 0.0247. The Morgan fingerprint density at radius 1 is 1.27 bits per heavy atom. The minimum atomic E-state index is -0.739. The molecule has 0 saturated carbocycles. The van der Waals surface area contributed by atoms with Crippen LogP contribution in [0.15, 0.2) is 42.5 Å². The molecule has 6 nitrogen and oxygen atoms in total. The zero-order valence-electron chi connectivity index (χ0n) is 13.7. The van der Waals surface area contributed by atoms with Crippen LogP contribution >= 0.6 is 11.6 Å². The number of halogens is 2. The zero-order valence-corrected chi connectivity index (χ0v) is 14.4. The number of carbonyl (C=O) groups excluding carboxylic acids is 2. The highest BCUT2D eigenvalue weighted by molar-refractivity contribution is 6.33. The van der Waals surface area contributed by atoms with Crippen LogP contribution in [0, 0.1) is 5.82 Å². The fourth-order valence-electron chi connectivity index (χ4n) is 1.92. The summed E-state index contributed by atoms with van der Waals surface area (Å²) in [6.07, 6.45) is 2.57. The summed E-state index contributed by atoms with van der Waals surface area (Å²) in [5, 5.41) is 11.9. The van der Waals surface area contributed by atoms with Crippen molar-refractivity contribution in [2.24, 2.45) is 0 Å². The largest absolute Gasteiger partial charge is 0.504 e. The van der Waals surface area contributed by atoms with Crippen LogP contribution in [0.3, 0.4) is 0 Å². The van der Waals surface area contributed by atoms with E-state index in [1.165, 1.54) is 31.4 Å². The van der Waals surface area contributed by atoms with Crippen LogP contribution in [0.25, 0.3) is 6.08 Å². The molecule has 2 rings (SSSR count). The van der Waals surface area contributed by atoms with Gasteiger partial charge >= 0.3 is 5.97 Å². The first-order valence-corrected chi connectivity index (χ1v) is 7.73. The van der Waals surface area contributed by atoms with Gasteiger partial charge in [0.2, 0.25) is 0 Å². The van der Waals surface area contributed by atoms with E-state index in [-0.39, 0.29) is 22.2 Å². The normalized spacial score (nSPS) is 10.6. The number of methoxy groups -OCH3 is 1. The first-order valence-electron chi connectivity index (χ1n) is 7.36. The van der Waals surface area contributed by atoms with Gasteiger partial charge in [-0.2, -0.15) is 0 Å². The van der Waals surface area contributed by atoms with Crippen molar-refractivity contribution in [1.29, 1.82) is 0 Å². The van der Waals surface area contributed by atoms with E-state index in [0.717, 1.165) is 18.2 Å². The van der Waals surface area contributed by atoms with Crippen LogP contribution in [0.5, 0.6) is 11.5 Å². The van der Waals surface area contributed by atoms with Gasteiger partial charge in [0.25, 0.3) is 5.91 Å². The van der Waals surface area contributed by atoms with Gasteiger partial charge < -0.3 is 19.9 Å². The van der Waals surface area contributed by atoms with E-state index in [1.807, 2.05) is 0 Å². The molecule has 0 aromatic heterocycles. The SMILES string of the molecule is COc1cc(/C=C/C(=O)OCC(=O)Nc2ccc(F)cc2Cl)ccc1O. The van der Waals surface area contributed by atoms with E-state index in [2.05, 4.69) is 5.32 Å². The molecule has 26 heavy (non-hydrogen) atoms. The minimum Gasteiger partial charge on any atom is -0.504 e. The number of hydrogen-bond donors (Lipinski definition) is 2. The molecule has 0 aliphatic rings. The summed E-state index contributed by atoms with van der Waals surface area (Å²) in [4.78, 5) is 23.4. The van der Waals surface area contributed by atoms with Crippen molar-refractivity contribution in [3.05, 3.63) is 58.9 Å². The Kier molecular flexibility index (Phi) is 6.57. The Bertz CT molecular complexity index is 853. The summed E-state index contributed by atoms with van der Waals surface area (Å²) >= 11 is 5.79. The predicted octanol–water partition coefficient (Wildman–Crippen LogP) is 3.39. The van der Waals surface area contributed by atoms with Crippen LogP contribution in [0.4, 0.5) is 10.1 Å². The summed E-state index contributed by atoms with van der Waals surface area (Å²) in [7, 11) is 1.41. The molecule has 0 aliphatic heterocycles. The molecular weight excluding hydrogens is 365 g/mol. The van der Waals surface area contributed by atoms with Crippen molar-refractivity contribution in [1.82, 2.24) is 0 Å². The number of anilines is 1. The van der Waals surface area contributed by atoms with Crippen LogP contribution < -0.4 is 10.1 Å². The summed E-state index contributed by atoms with van der Waals surface area (Å²) in [6, 6.07) is 8.02. The third-order valence-corrected chi connectivity index (χ3v) is 3.48. The fraction of sp³-hybridized carbons (Fsp3) is 0.111. The topological polar surface area (TPSA) is 84.9 Å². The second kappa shape index (κ2) is 8.87. The number of hydrogen-bond acceptors (Lipinski definition) is 5. The maximum atomic E-state index is 12.9. The van der Waals surface area contributed by atoms with Crippen LogP contribution in [0.1, 0.15) is 5.56 Å². The van der Waals surface area contributed by atoms with Crippen molar-refractivity contribution in [2.75, 3.05) is 19.0 Å². The molecule has 1 amide bonds. The molecule has 0 saturated heterocycles. The smallest absolute Gasteiger partial charge is 0.331 e. The maximum absolute atomic E-state index is 12.9. The van der Waals surface area contributed by atoms with Crippen molar-refractivity contribution in [2.45, 2.75) is 0 Å². The van der Waals surface area contributed by atoms with Crippen LogP contribution in [-0.2, 0) is 14.3 Å². The Hall–Kier alpha value is -3.06. The first kappa shape index (κ1) is 19.3. The average molecular weight is 380 g/mol. The number of benzene rings is 2. The monoisotopic (exact) mass is 379 g/mol. The predicted molar refractivity (Wildman–Crippen MR) is 94.7 cm³/mol. The molecule has 2 aromatic rings. The van der Waals surface area contributed by atoms with Gasteiger partial charge in [-0.1, -0.05) is 17.7 Å². The average Bonchev–Trinajstić information content (AvgIpc) is 2.61. The molecule has 0 fully saturated rings. The Labute approximate surface area is 153 Å². The lowest BCUT2D eigenvalue weighted by molar-refractivity contribution is -0.142. The third kappa shape index (κ3) is 5.49. The van der Waals surface area contributed by atoms with Gasteiger partial charge in [-0.05, 0) is 42.0 Å². The highest BCUT2D eigenvalue weighted by Crippen LogP contribution is 2.26. The summed E-state index contributed by atoms with van der Waals surface area (Å²) in [5.41, 5.74) is 0.806. The molecule has 0 aliphatic carbocycles. The molecule has 136 valence electrons. The molecule has 2 N–H and O–H groups in total. The number of phenolic OH excluding ortho intramolecular Hbond substituents is 1.